The summed E-state index contributed by atoms with van der Waals surface area (Å²) in [5.41, 5.74) is 2.18. The normalized spacial score (nSPS) is 10.8. The Labute approximate surface area is 141 Å². The lowest BCUT2D eigenvalue weighted by Crippen LogP contribution is -2.13. The molecule has 1 heterocycles. The van der Waals surface area contributed by atoms with Crippen molar-refractivity contribution < 1.29 is 13.9 Å². The fraction of sp³-hybridized carbons (Fsp3) is 0.118. The largest absolute Gasteiger partial charge is 0.451 e. The molecule has 0 bridgehead atoms. The van der Waals surface area contributed by atoms with Crippen LogP contribution in [0.4, 0.5) is 5.69 Å². The van der Waals surface area contributed by atoms with Gasteiger partial charge in [0.1, 0.15) is 5.58 Å². The minimum absolute atomic E-state index is 0.274. The molecule has 0 saturated carbocycles. The summed E-state index contributed by atoms with van der Waals surface area (Å²) in [4.78, 5) is 12.5. The Kier molecular flexibility index (Phi) is 4.44. The summed E-state index contributed by atoms with van der Waals surface area (Å²) in [5, 5.41) is 3.75. The molecule has 3 rings (SSSR count). The van der Waals surface area contributed by atoms with Gasteiger partial charge in [-0.1, -0.05) is 18.2 Å². The van der Waals surface area contributed by atoms with Crippen molar-refractivity contribution >= 4 is 45.2 Å². The smallest absolute Gasteiger partial charge is 0.291 e. The Morgan fingerprint density at radius 2 is 1.91 bits per heavy atom. The van der Waals surface area contributed by atoms with Crippen LogP contribution in [0.25, 0.3) is 11.0 Å². The minimum atomic E-state index is -0.274. The Morgan fingerprint density at radius 1 is 1.18 bits per heavy atom. The van der Waals surface area contributed by atoms with Gasteiger partial charge in [0.25, 0.3) is 5.91 Å². The van der Waals surface area contributed by atoms with Crippen molar-refractivity contribution in [1.82, 2.24) is 0 Å². The molecule has 1 amide bonds. The number of halogens is 1. The van der Waals surface area contributed by atoms with Crippen LogP contribution in [-0.2, 0) is 11.3 Å². The van der Waals surface area contributed by atoms with Crippen LogP contribution in [0.5, 0.6) is 0 Å². The molecule has 0 radical (unpaired) electrons. The number of carbonyl (C=O) groups is 1. The van der Waals surface area contributed by atoms with Crippen LogP contribution in [-0.4, -0.2) is 13.0 Å². The van der Waals surface area contributed by atoms with Gasteiger partial charge < -0.3 is 14.5 Å². The van der Waals surface area contributed by atoms with Crippen molar-refractivity contribution in [2.75, 3.05) is 12.4 Å². The van der Waals surface area contributed by atoms with Crippen LogP contribution < -0.4 is 5.32 Å². The zero-order valence-electron chi connectivity index (χ0n) is 11.9. The number of hydrogen-bond acceptors (Lipinski definition) is 3. The maximum absolute atomic E-state index is 12.5. The highest BCUT2D eigenvalue weighted by Crippen LogP contribution is 2.27. The van der Waals surface area contributed by atoms with E-state index in [2.05, 4.69) is 27.9 Å². The van der Waals surface area contributed by atoms with Gasteiger partial charge in [-0.2, -0.15) is 0 Å². The summed E-state index contributed by atoms with van der Waals surface area (Å²) in [6.07, 6.45) is 0. The molecule has 0 unspecified atom stereocenters. The van der Waals surface area contributed by atoms with Crippen LogP contribution in [0.1, 0.15) is 16.1 Å². The maximum atomic E-state index is 12.5. The fourth-order valence-electron chi connectivity index (χ4n) is 2.29. The van der Waals surface area contributed by atoms with Crippen LogP contribution in [0.15, 0.2) is 52.9 Å². The summed E-state index contributed by atoms with van der Waals surface area (Å²) in [6, 6.07) is 15.2. The molecular formula is C17H14INO3. The predicted molar refractivity (Wildman–Crippen MR) is 94.0 cm³/mol. The van der Waals surface area contributed by atoms with E-state index in [0.29, 0.717) is 18.0 Å². The minimum Gasteiger partial charge on any atom is -0.451 e. The molecule has 0 aliphatic heterocycles. The molecule has 0 spiro atoms. The third-order valence-corrected chi connectivity index (χ3v) is 4.01. The van der Waals surface area contributed by atoms with Gasteiger partial charge in [-0.3, -0.25) is 4.79 Å². The van der Waals surface area contributed by atoms with Crippen LogP contribution in [0, 0.1) is 3.57 Å². The predicted octanol–water partition coefficient (Wildman–Crippen LogP) is 4.44. The highest BCUT2D eigenvalue weighted by molar-refractivity contribution is 14.1. The second-order valence-electron chi connectivity index (χ2n) is 4.80. The Hall–Kier alpha value is -1.86. The lowest BCUT2D eigenvalue weighted by molar-refractivity contribution is 0.0992. The van der Waals surface area contributed by atoms with Gasteiger partial charge in [0.05, 0.1) is 6.61 Å². The van der Waals surface area contributed by atoms with E-state index in [4.69, 9.17) is 9.15 Å². The van der Waals surface area contributed by atoms with Crippen LogP contribution in [0.3, 0.4) is 0 Å². The van der Waals surface area contributed by atoms with E-state index in [9.17, 15) is 4.79 Å². The molecule has 0 fully saturated rings. The molecule has 22 heavy (non-hydrogen) atoms. The summed E-state index contributed by atoms with van der Waals surface area (Å²) in [6.45, 7) is 0.326. The van der Waals surface area contributed by atoms with Crippen molar-refractivity contribution in [3.8, 4) is 0 Å². The molecule has 0 aliphatic carbocycles. The van der Waals surface area contributed by atoms with Crippen LogP contribution >= 0.6 is 22.6 Å². The first-order valence-electron chi connectivity index (χ1n) is 6.75. The van der Waals surface area contributed by atoms with E-state index < -0.39 is 0 Å². The van der Waals surface area contributed by atoms with E-state index in [-0.39, 0.29) is 5.91 Å². The van der Waals surface area contributed by atoms with Crippen molar-refractivity contribution in [3.05, 3.63) is 63.4 Å². The summed E-state index contributed by atoms with van der Waals surface area (Å²) in [7, 11) is 1.60. The number of rotatable bonds is 4. The molecule has 112 valence electrons. The summed E-state index contributed by atoms with van der Waals surface area (Å²) < 4.78 is 12.0. The van der Waals surface area contributed by atoms with Crippen molar-refractivity contribution in [1.29, 1.82) is 0 Å². The van der Waals surface area contributed by atoms with Gasteiger partial charge in [-0.05, 0) is 52.9 Å². The first kappa shape index (κ1) is 15.1. The second-order valence-corrected chi connectivity index (χ2v) is 6.05. The molecule has 1 aromatic heterocycles. The molecule has 5 heteroatoms. The van der Waals surface area contributed by atoms with Crippen LogP contribution in [0.2, 0.25) is 0 Å². The molecule has 0 aliphatic rings. The van der Waals surface area contributed by atoms with Gasteiger partial charge in [-0.25, -0.2) is 0 Å². The number of anilines is 1. The lowest BCUT2D eigenvalue weighted by Gasteiger charge is -2.05. The number of fused-ring (bicyclic) bond motifs is 1. The zero-order chi connectivity index (χ0) is 15.5. The molecule has 0 atom stereocenters. The van der Waals surface area contributed by atoms with Crippen molar-refractivity contribution in [3.63, 3.8) is 0 Å². The quantitative estimate of drug-likeness (QED) is 0.651. The number of benzene rings is 2. The monoisotopic (exact) mass is 407 g/mol. The Bertz CT molecular complexity index is 808. The highest BCUT2D eigenvalue weighted by Gasteiger charge is 2.20. The van der Waals surface area contributed by atoms with Gasteiger partial charge in [0.2, 0.25) is 0 Å². The first-order valence-corrected chi connectivity index (χ1v) is 7.83. The molecule has 3 aromatic rings. The number of hydrogen-bond donors (Lipinski definition) is 1. The average Bonchev–Trinajstić information content (AvgIpc) is 2.89. The van der Waals surface area contributed by atoms with Gasteiger partial charge in [0.15, 0.2) is 5.76 Å². The molecule has 2 aromatic carbocycles. The number of methoxy groups -OCH3 is 1. The molecule has 0 saturated heterocycles. The van der Waals surface area contributed by atoms with E-state index in [0.717, 1.165) is 20.2 Å². The number of amides is 1. The zero-order valence-corrected chi connectivity index (χ0v) is 14.1. The van der Waals surface area contributed by atoms with Gasteiger partial charge in [0, 0.05) is 27.3 Å². The molecule has 1 N–H and O–H groups in total. The van der Waals surface area contributed by atoms with Crippen molar-refractivity contribution in [2.24, 2.45) is 0 Å². The van der Waals surface area contributed by atoms with Gasteiger partial charge in [-0.15, -0.1) is 0 Å². The van der Waals surface area contributed by atoms with E-state index in [1.54, 1.807) is 7.11 Å². The summed E-state index contributed by atoms with van der Waals surface area (Å²) >= 11 is 2.22. The number of furan rings is 1. The number of nitrogens with one attached hydrogen (secondary N) is 1. The third kappa shape index (κ3) is 3.00. The SMILES string of the molecule is COCc1c(C(=O)Nc2ccc(I)cc2)oc2ccccc12. The second kappa shape index (κ2) is 6.50. The summed E-state index contributed by atoms with van der Waals surface area (Å²) in [5.74, 6) is 0.0195. The highest BCUT2D eigenvalue weighted by atomic mass is 127. The van der Waals surface area contributed by atoms with Gasteiger partial charge >= 0.3 is 0 Å². The number of carbonyl (C=O) groups excluding carboxylic acids is 1. The topological polar surface area (TPSA) is 51.5 Å². The third-order valence-electron chi connectivity index (χ3n) is 3.30. The molecule has 4 nitrogen and oxygen atoms in total. The standard InChI is InChI=1S/C17H14INO3/c1-21-10-14-13-4-2-3-5-15(13)22-16(14)17(20)19-12-8-6-11(18)7-9-12/h2-9H,10H2,1H3,(H,19,20). The van der Waals surface area contributed by atoms with Crippen molar-refractivity contribution in [2.45, 2.75) is 6.61 Å². The Morgan fingerprint density at radius 3 is 2.64 bits per heavy atom. The maximum Gasteiger partial charge on any atom is 0.291 e. The van der Waals surface area contributed by atoms with E-state index >= 15 is 0 Å². The first-order chi connectivity index (χ1) is 10.7. The Balaban J connectivity index is 1.96. The number of para-hydroxylation sites is 1. The number of ether oxygens (including phenoxy) is 1. The van der Waals surface area contributed by atoms with E-state index in [1.165, 1.54) is 0 Å². The molecular weight excluding hydrogens is 393 g/mol. The lowest BCUT2D eigenvalue weighted by atomic mass is 10.1. The average molecular weight is 407 g/mol. The van der Waals surface area contributed by atoms with E-state index in [1.807, 2.05) is 48.5 Å². The fourth-order valence-corrected chi connectivity index (χ4v) is 2.65.